The predicted octanol–water partition coefficient (Wildman–Crippen LogP) is 4.10. The van der Waals surface area contributed by atoms with Crippen LogP contribution in [-0.2, 0) is 15.9 Å². The third kappa shape index (κ3) is 15.1. The average molecular weight is 273 g/mol. The Labute approximate surface area is 118 Å². The van der Waals surface area contributed by atoms with Gasteiger partial charge in [0.15, 0.2) is 0 Å². The van der Waals surface area contributed by atoms with Gasteiger partial charge in [-0.05, 0) is 19.3 Å². The number of ether oxygens (including phenoxy) is 2. The minimum atomic E-state index is 0.680. The number of unbranched alkanes of at least 4 members (excludes halogenated alkanes) is 2. The lowest BCUT2D eigenvalue weighted by molar-refractivity contribution is 0.0686. The summed E-state index contributed by atoms with van der Waals surface area (Å²) < 4.78 is 15.0. The maximum atomic E-state index is 5.35. The molecule has 1 aromatic rings. The largest absolute Gasteiger partial charge is 0.382 e. The summed E-state index contributed by atoms with van der Waals surface area (Å²) in [6.07, 6.45) is 6.01. The minimum Gasteiger partial charge on any atom is -0.382 e. The van der Waals surface area contributed by atoms with Crippen molar-refractivity contribution in [3.8, 4) is 0 Å². The van der Waals surface area contributed by atoms with Crippen LogP contribution < -0.4 is 0 Å². The van der Waals surface area contributed by atoms with Crippen LogP contribution in [0.1, 0.15) is 52.7 Å². The summed E-state index contributed by atoms with van der Waals surface area (Å²) in [5.74, 6) is 0. The van der Waals surface area contributed by atoms with E-state index in [9.17, 15) is 0 Å². The van der Waals surface area contributed by atoms with Crippen molar-refractivity contribution < 1.29 is 14.0 Å². The molecule has 0 aliphatic carbocycles. The SMILES string of the molecule is CC.CC.COCCOCCCCCc1ccon1. The van der Waals surface area contributed by atoms with Crippen LogP contribution in [0.3, 0.4) is 0 Å². The maximum Gasteiger partial charge on any atom is 0.124 e. The maximum absolute atomic E-state index is 5.35. The highest BCUT2D eigenvalue weighted by Gasteiger charge is 1.96. The third-order valence-electron chi connectivity index (χ3n) is 2.14. The third-order valence-corrected chi connectivity index (χ3v) is 2.14. The van der Waals surface area contributed by atoms with E-state index in [2.05, 4.69) is 5.16 Å². The average Bonchev–Trinajstić information content (AvgIpc) is 2.99. The van der Waals surface area contributed by atoms with Crippen molar-refractivity contribution >= 4 is 0 Å². The monoisotopic (exact) mass is 273 g/mol. The number of nitrogens with zero attached hydrogens (tertiary/aromatic N) is 1. The molecule has 0 saturated carbocycles. The van der Waals surface area contributed by atoms with Gasteiger partial charge in [-0.3, -0.25) is 0 Å². The molecule has 0 unspecified atom stereocenters. The van der Waals surface area contributed by atoms with Crippen molar-refractivity contribution in [2.24, 2.45) is 0 Å². The zero-order chi connectivity index (χ0) is 14.8. The first kappa shape index (κ1) is 20.4. The molecule has 0 aromatic carbocycles. The minimum absolute atomic E-state index is 0.680. The van der Waals surface area contributed by atoms with Gasteiger partial charge in [0.1, 0.15) is 6.26 Å². The van der Waals surface area contributed by atoms with Gasteiger partial charge in [-0.2, -0.15) is 0 Å². The molecule has 1 heterocycles. The molecule has 4 heteroatoms. The normalized spacial score (nSPS) is 9.11. The highest BCUT2D eigenvalue weighted by atomic mass is 16.5. The topological polar surface area (TPSA) is 44.5 Å². The Kier molecular flexibility index (Phi) is 21.0. The Balaban J connectivity index is 0. The van der Waals surface area contributed by atoms with Crippen molar-refractivity contribution in [2.75, 3.05) is 26.9 Å². The highest BCUT2D eigenvalue weighted by molar-refractivity contribution is 4.94. The Morgan fingerprint density at radius 1 is 1.00 bits per heavy atom. The molecule has 4 nitrogen and oxygen atoms in total. The molecule has 1 aromatic heterocycles. The van der Waals surface area contributed by atoms with Crippen LogP contribution in [0.15, 0.2) is 16.9 Å². The quantitative estimate of drug-likeness (QED) is 0.635. The van der Waals surface area contributed by atoms with E-state index in [4.69, 9.17) is 14.0 Å². The summed E-state index contributed by atoms with van der Waals surface area (Å²) in [6, 6.07) is 1.91. The highest BCUT2D eigenvalue weighted by Crippen LogP contribution is 2.04. The molecule has 0 aliphatic rings. The molecule has 0 fully saturated rings. The molecule has 0 atom stereocenters. The summed E-state index contributed by atoms with van der Waals surface area (Å²) in [7, 11) is 1.68. The summed E-state index contributed by atoms with van der Waals surface area (Å²) in [5, 5.41) is 3.85. The molecule has 0 bridgehead atoms. The fourth-order valence-corrected chi connectivity index (χ4v) is 1.30. The summed E-state index contributed by atoms with van der Waals surface area (Å²) in [6.45, 7) is 10.2. The van der Waals surface area contributed by atoms with Crippen LogP contribution in [0, 0.1) is 0 Å². The van der Waals surface area contributed by atoms with Gasteiger partial charge in [0, 0.05) is 19.8 Å². The number of rotatable bonds is 9. The molecule has 0 amide bonds. The number of methoxy groups -OCH3 is 1. The number of aryl methyl sites for hydroxylation is 1. The Bertz CT molecular complexity index is 225. The smallest absolute Gasteiger partial charge is 0.124 e. The van der Waals surface area contributed by atoms with E-state index in [1.54, 1.807) is 13.4 Å². The molecular formula is C15H31NO3. The first-order chi connectivity index (χ1) is 9.43. The standard InChI is InChI=1S/C11H19NO3.2C2H6/c1-13-9-10-14-7-4-2-3-5-11-6-8-15-12-11;2*1-2/h6,8H,2-5,7,9-10H2,1H3;2*1-2H3. The van der Waals surface area contributed by atoms with Crippen molar-refractivity contribution in [1.29, 1.82) is 0 Å². The lowest BCUT2D eigenvalue weighted by atomic mass is 10.1. The number of aromatic nitrogens is 1. The van der Waals surface area contributed by atoms with Crippen LogP contribution in [0.25, 0.3) is 0 Å². The molecule has 0 aliphatic heterocycles. The van der Waals surface area contributed by atoms with Crippen LogP contribution in [-0.4, -0.2) is 32.1 Å². The molecule has 19 heavy (non-hydrogen) atoms. The summed E-state index contributed by atoms with van der Waals surface area (Å²) in [4.78, 5) is 0. The molecule has 0 saturated heterocycles. The lowest BCUT2D eigenvalue weighted by Crippen LogP contribution is -2.02. The van der Waals surface area contributed by atoms with Gasteiger partial charge >= 0.3 is 0 Å². The second-order valence-corrected chi connectivity index (χ2v) is 3.41. The van der Waals surface area contributed by atoms with Gasteiger partial charge in [0.25, 0.3) is 0 Å². The fourth-order valence-electron chi connectivity index (χ4n) is 1.30. The van der Waals surface area contributed by atoms with Crippen LogP contribution in [0.5, 0.6) is 0 Å². The zero-order valence-corrected chi connectivity index (χ0v) is 13.3. The van der Waals surface area contributed by atoms with Crippen molar-refractivity contribution in [1.82, 2.24) is 5.16 Å². The zero-order valence-electron chi connectivity index (χ0n) is 13.3. The van der Waals surface area contributed by atoms with E-state index >= 15 is 0 Å². The number of hydrogen-bond acceptors (Lipinski definition) is 4. The molecular weight excluding hydrogens is 242 g/mol. The van der Waals surface area contributed by atoms with Gasteiger partial charge in [0.2, 0.25) is 0 Å². The lowest BCUT2D eigenvalue weighted by Gasteiger charge is -2.02. The van der Waals surface area contributed by atoms with Gasteiger partial charge < -0.3 is 14.0 Å². The molecule has 114 valence electrons. The van der Waals surface area contributed by atoms with Gasteiger partial charge in [0.05, 0.1) is 18.9 Å². The van der Waals surface area contributed by atoms with Gasteiger partial charge in [-0.25, -0.2) is 0 Å². The van der Waals surface area contributed by atoms with Gasteiger partial charge in [-0.1, -0.05) is 39.3 Å². The Hall–Kier alpha value is -0.870. The van der Waals surface area contributed by atoms with E-state index in [0.29, 0.717) is 13.2 Å². The van der Waals surface area contributed by atoms with E-state index in [1.807, 2.05) is 33.8 Å². The van der Waals surface area contributed by atoms with Gasteiger partial charge in [-0.15, -0.1) is 0 Å². The van der Waals surface area contributed by atoms with E-state index < -0.39 is 0 Å². The van der Waals surface area contributed by atoms with E-state index in [-0.39, 0.29) is 0 Å². The molecule has 0 spiro atoms. The molecule has 0 radical (unpaired) electrons. The first-order valence-corrected chi connectivity index (χ1v) is 7.39. The van der Waals surface area contributed by atoms with Crippen LogP contribution in [0.4, 0.5) is 0 Å². The predicted molar refractivity (Wildman–Crippen MR) is 79.4 cm³/mol. The van der Waals surface area contributed by atoms with E-state index in [1.165, 1.54) is 6.42 Å². The van der Waals surface area contributed by atoms with Crippen LogP contribution >= 0.6 is 0 Å². The molecule has 1 rings (SSSR count). The summed E-state index contributed by atoms with van der Waals surface area (Å²) in [5.41, 5.74) is 1.04. The Morgan fingerprint density at radius 2 is 1.74 bits per heavy atom. The summed E-state index contributed by atoms with van der Waals surface area (Å²) >= 11 is 0. The number of hydrogen-bond donors (Lipinski definition) is 0. The second-order valence-electron chi connectivity index (χ2n) is 3.41. The molecule has 0 N–H and O–H groups in total. The van der Waals surface area contributed by atoms with E-state index in [0.717, 1.165) is 31.6 Å². The van der Waals surface area contributed by atoms with Crippen molar-refractivity contribution in [2.45, 2.75) is 53.4 Å². The van der Waals surface area contributed by atoms with Crippen molar-refractivity contribution in [3.05, 3.63) is 18.0 Å². The fraction of sp³-hybridized carbons (Fsp3) is 0.800. The first-order valence-electron chi connectivity index (χ1n) is 7.39. The second kappa shape index (κ2) is 19.5. The van der Waals surface area contributed by atoms with Crippen molar-refractivity contribution in [3.63, 3.8) is 0 Å². The Morgan fingerprint density at radius 3 is 2.32 bits per heavy atom. The van der Waals surface area contributed by atoms with Crippen LogP contribution in [0.2, 0.25) is 0 Å².